The van der Waals surface area contributed by atoms with Gasteiger partial charge in [-0.1, -0.05) is 27.7 Å². The zero-order valence-electron chi connectivity index (χ0n) is 9.76. The zero-order chi connectivity index (χ0) is 11.5. The molecular weight excluding hydrogens is 208 g/mol. The van der Waals surface area contributed by atoms with Crippen LogP contribution in [0.2, 0.25) is 0 Å². The quantitative estimate of drug-likeness (QED) is 0.860. The number of carbonyl (C=O) groups excluding carboxylic acids is 1. The Bertz CT molecular complexity index is 339. The number of thiazole rings is 1. The van der Waals surface area contributed by atoms with E-state index >= 15 is 0 Å². The maximum Gasteiger partial charge on any atom is 0.226 e. The van der Waals surface area contributed by atoms with Gasteiger partial charge in [-0.05, 0) is 6.42 Å². The minimum absolute atomic E-state index is 0.0459. The molecule has 1 N–H and O–H groups in total. The lowest BCUT2D eigenvalue weighted by Gasteiger charge is -2.14. The van der Waals surface area contributed by atoms with E-state index < -0.39 is 0 Å². The summed E-state index contributed by atoms with van der Waals surface area (Å²) in [6.07, 6.45) is 1.42. The van der Waals surface area contributed by atoms with Crippen LogP contribution in [-0.4, -0.2) is 10.9 Å². The van der Waals surface area contributed by atoms with Gasteiger partial charge in [0.1, 0.15) is 0 Å². The third kappa shape index (κ3) is 3.63. The van der Waals surface area contributed by atoms with Crippen molar-refractivity contribution in [3.05, 3.63) is 11.1 Å². The SMILES string of the molecule is CCCC(=O)Nc1nc(C(C)(C)C)cs1. The zero-order valence-corrected chi connectivity index (χ0v) is 10.6. The van der Waals surface area contributed by atoms with Gasteiger partial charge in [-0.25, -0.2) is 4.98 Å². The number of nitrogens with one attached hydrogen (secondary N) is 1. The summed E-state index contributed by atoms with van der Waals surface area (Å²) >= 11 is 1.49. The second-order valence-electron chi connectivity index (χ2n) is 4.59. The first-order valence-electron chi connectivity index (χ1n) is 5.19. The Balaban J connectivity index is 2.65. The molecule has 1 aromatic rings. The number of hydrogen-bond acceptors (Lipinski definition) is 3. The lowest BCUT2D eigenvalue weighted by atomic mass is 9.93. The summed E-state index contributed by atoms with van der Waals surface area (Å²) in [6, 6.07) is 0. The topological polar surface area (TPSA) is 42.0 Å². The number of rotatable bonds is 3. The van der Waals surface area contributed by atoms with Crippen LogP contribution in [0.4, 0.5) is 5.13 Å². The molecule has 1 amide bonds. The van der Waals surface area contributed by atoms with E-state index in [1.807, 2.05) is 12.3 Å². The summed E-state index contributed by atoms with van der Waals surface area (Å²) in [7, 11) is 0. The Kier molecular flexibility index (Phi) is 3.85. The predicted molar refractivity (Wildman–Crippen MR) is 64.4 cm³/mol. The van der Waals surface area contributed by atoms with E-state index in [0.717, 1.165) is 12.1 Å². The van der Waals surface area contributed by atoms with Crippen molar-refractivity contribution in [1.29, 1.82) is 0 Å². The van der Waals surface area contributed by atoms with Crippen molar-refractivity contribution in [3.63, 3.8) is 0 Å². The molecule has 0 fully saturated rings. The molecule has 0 aromatic carbocycles. The van der Waals surface area contributed by atoms with Crippen molar-refractivity contribution in [2.75, 3.05) is 5.32 Å². The minimum atomic E-state index is 0.0459. The molecule has 0 saturated carbocycles. The van der Waals surface area contributed by atoms with Gasteiger partial charge in [0.05, 0.1) is 5.69 Å². The Morgan fingerprint density at radius 1 is 1.53 bits per heavy atom. The summed E-state index contributed by atoms with van der Waals surface area (Å²) in [4.78, 5) is 15.7. The van der Waals surface area contributed by atoms with Crippen molar-refractivity contribution in [1.82, 2.24) is 4.98 Å². The average molecular weight is 226 g/mol. The lowest BCUT2D eigenvalue weighted by Crippen LogP contribution is -2.13. The molecule has 1 aromatic heterocycles. The summed E-state index contributed by atoms with van der Waals surface area (Å²) in [5.74, 6) is 0.0484. The van der Waals surface area contributed by atoms with Gasteiger partial charge in [-0.3, -0.25) is 4.79 Å². The molecule has 15 heavy (non-hydrogen) atoms. The number of aromatic nitrogens is 1. The molecule has 0 radical (unpaired) electrons. The molecule has 84 valence electrons. The van der Waals surface area contributed by atoms with Gasteiger partial charge >= 0.3 is 0 Å². The predicted octanol–water partition coefficient (Wildman–Crippen LogP) is 3.18. The molecular formula is C11H18N2OS. The van der Waals surface area contributed by atoms with E-state index in [9.17, 15) is 4.79 Å². The molecule has 0 spiro atoms. The Hall–Kier alpha value is -0.900. The standard InChI is InChI=1S/C11H18N2OS/c1-5-6-9(14)13-10-12-8(7-15-10)11(2,3)4/h7H,5-6H2,1-4H3,(H,12,13,14). The van der Waals surface area contributed by atoms with Crippen molar-refractivity contribution in [3.8, 4) is 0 Å². The van der Waals surface area contributed by atoms with Gasteiger partial charge in [-0.2, -0.15) is 0 Å². The summed E-state index contributed by atoms with van der Waals surface area (Å²) in [5.41, 5.74) is 1.07. The van der Waals surface area contributed by atoms with Crippen molar-refractivity contribution >= 4 is 22.4 Å². The van der Waals surface area contributed by atoms with E-state index in [1.54, 1.807) is 0 Å². The average Bonchev–Trinajstić information content (AvgIpc) is 2.52. The van der Waals surface area contributed by atoms with Crippen molar-refractivity contribution in [2.45, 2.75) is 46.0 Å². The maximum absolute atomic E-state index is 11.3. The van der Waals surface area contributed by atoms with Gasteiger partial charge in [0, 0.05) is 17.2 Å². The molecule has 4 heteroatoms. The highest BCUT2D eigenvalue weighted by atomic mass is 32.1. The van der Waals surface area contributed by atoms with Crippen LogP contribution < -0.4 is 5.32 Å². The molecule has 0 atom stereocenters. The molecule has 0 aliphatic carbocycles. The molecule has 1 rings (SSSR count). The van der Waals surface area contributed by atoms with E-state index in [-0.39, 0.29) is 11.3 Å². The molecule has 0 aliphatic heterocycles. The van der Waals surface area contributed by atoms with Gasteiger partial charge in [0.2, 0.25) is 5.91 Å². The number of nitrogens with zero attached hydrogens (tertiary/aromatic N) is 1. The number of hydrogen-bond donors (Lipinski definition) is 1. The Morgan fingerprint density at radius 3 is 2.67 bits per heavy atom. The molecule has 0 bridgehead atoms. The minimum Gasteiger partial charge on any atom is -0.302 e. The Labute approximate surface area is 94.9 Å². The molecule has 0 aliphatic rings. The van der Waals surface area contributed by atoms with Crippen LogP contribution in [-0.2, 0) is 10.2 Å². The van der Waals surface area contributed by atoms with Gasteiger partial charge < -0.3 is 5.32 Å². The smallest absolute Gasteiger partial charge is 0.226 e. The summed E-state index contributed by atoms with van der Waals surface area (Å²) in [5, 5.41) is 5.51. The first-order valence-corrected chi connectivity index (χ1v) is 6.07. The van der Waals surface area contributed by atoms with Crippen molar-refractivity contribution < 1.29 is 4.79 Å². The van der Waals surface area contributed by atoms with Crippen LogP contribution in [0.5, 0.6) is 0 Å². The van der Waals surface area contributed by atoms with Crippen LogP contribution in [0.1, 0.15) is 46.2 Å². The lowest BCUT2D eigenvalue weighted by molar-refractivity contribution is -0.116. The normalized spacial score (nSPS) is 11.5. The Morgan fingerprint density at radius 2 is 2.20 bits per heavy atom. The largest absolute Gasteiger partial charge is 0.302 e. The second-order valence-corrected chi connectivity index (χ2v) is 5.44. The highest BCUT2D eigenvalue weighted by Crippen LogP contribution is 2.26. The van der Waals surface area contributed by atoms with Gasteiger partial charge in [-0.15, -0.1) is 11.3 Å². The number of amides is 1. The van der Waals surface area contributed by atoms with Crippen LogP contribution in [0.25, 0.3) is 0 Å². The van der Waals surface area contributed by atoms with E-state index in [1.165, 1.54) is 11.3 Å². The third-order valence-corrected chi connectivity index (χ3v) is 2.75. The number of carbonyl (C=O) groups is 1. The van der Waals surface area contributed by atoms with E-state index in [0.29, 0.717) is 11.6 Å². The van der Waals surface area contributed by atoms with Crippen LogP contribution in [0.3, 0.4) is 0 Å². The van der Waals surface area contributed by atoms with Gasteiger partial charge in [0.15, 0.2) is 5.13 Å². The van der Waals surface area contributed by atoms with Gasteiger partial charge in [0.25, 0.3) is 0 Å². The molecule has 0 saturated heterocycles. The highest BCUT2D eigenvalue weighted by Gasteiger charge is 2.17. The first-order chi connectivity index (χ1) is 6.93. The third-order valence-electron chi connectivity index (χ3n) is 2.00. The van der Waals surface area contributed by atoms with Crippen LogP contribution >= 0.6 is 11.3 Å². The molecule has 0 unspecified atom stereocenters. The fourth-order valence-electron chi connectivity index (χ4n) is 1.08. The summed E-state index contributed by atoms with van der Waals surface area (Å²) in [6.45, 7) is 8.32. The summed E-state index contributed by atoms with van der Waals surface area (Å²) < 4.78 is 0. The van der Waals surface area contributed by atoms with Crippen LogP contribution in [0.15, 0.2) is 5.38 Å². The van der Waals surface area contributed by atoms with Crippen LogP contribution in [0, 0.1) is 0 Å². The number of anilines is 1. The van der Waals surface area contributed by atoms with E-state index in [2.05, 4.69) is 31.1 Å². The monoisotopic (exact) mass is 226 g/mol. The maximum atomic E-state index is 11.3. The molecule has 3 nitrogen and oxygen atoms in total. The fourth-order valence-corrected chi connectivity index (χ4v) is 2.04. The first kappa shape index (κ1) is 12.2. The van der Waals surface area contributed by atoms with E-state index in [4.69, 9.17) is 0 Å². The molecule has 1 heterocycles. The fraction of sp³-hybridized carbons (Fsp3) is 0.636. The second kappa shape index (κ2) is 4.75. The highest BCUT2D eigenvalue weighted by molar-refractivity contribution is 7.13. The van der Waals surface area contributed by atoms with Crippen molar-refractivity contribution in [2.24, 2.45) is 0 Å².